The summed E-state index contributed by atoms with van der Waals surface area (Å²) in [6, 6.07) is -0.726. The van der Waals surface area contributed by atoms with E-state index >= 15 is 0 Å². The summed E-state index contributed by atoms with van der Waals surface area (Å²) in [6.07, 6.45) is 57.8. The Hall–Kier alpha value is -2.96. The van der Waals surface area contributed by atoms with E-state index in [9.17, 15) is 19.8 Å². The van der Waals surface area contributed by atoms with Gasteiger partial charge in [-0.3, -0.25) is 9.59 Å². The van der Waals surface area contributed by atoms with Crippen molar-refractivity contribution in [1.82, 2.24) is 5.32 Å². The van der Waals surface area contributed by atoms with E-state index in [1.807, 2.05) is 54.7 Å². The lowest BCUT2D eigenvalue weighted by atomic mass is 10.0. The van der Waals surface area contributed by atoms with Gasteiger partial charge >= 0.3 is 5.97 Å². The van der Waals surface area contributed by atoms with E-state index in [4.69, 9.17) is 4.74 Å². The number of amides is 1. The topological polar surface area (TPSA) is 95.9 Å². The van der Waals surface area contributed by atoms with Crippen LogP contribution in [0.15, 0.2) is 85.1 Å². The molecule has 0 rings (SSSR count). The standard InChI is InChI=1S/C52H89NO5/c1-4-7-10-13-16-19-22-25-28-31-34-37-40-43-48(58-52(57)45-42-39-36-33-30-27-24-21-18-15-12-9-6-3)46-51(56)53-49(47-54)50(55)44-41-38-35-32-29-26-23-20-17-14-11-8-5-2/h9,12,15-16,18-19,21-22,24-25,27,30,33,36,48-50,54-55H,4-8,10-11,13-14,17,20,23,26,28-29,31-32,34-35,37-47H2,1-3H3,(H,53,56)/b12-9+,18-15+,19-16+,24-21-,25-22+,30-27-,36-33+. The van der Waals surface area contributed by atoms with E-state index in [-0.39, 0.29) is 24.9 Å². The maximum atomic E-state index is 13.2. The van der Waals surface area contributed by atoms with Crippen LogP contribution in [0.3, 0.4) is 0 Å². The third kappa shape index (κ3) is 39.8. The number of ether oxygens (including phenoxy) is 1. The number of aliphatic hydroxyl groups is 2. The molecule has 0 aromatic heterocycles. The fourth-order valence-corrected chi connectivity index (χ4v) is 6.74. The van der Waals surface area contributed by atoms with E-state index in [0.29, 0.717) is 25.7 Å². The number of allylic oxidation sites excluding steroid dienone is 14. The Kier molecular flexibility index (Phi) is 42.8. The molecule has 0 aliphatic rings. The Morgan fingerprint density at radius 2 is 0.931 bits per heavy atom. The molecule has 0 heterocycles. The first-order valence-corrected chi connectivity index (χ1v) is 23.9. The minimum Gasteiger partial charge on any atom is -0.462 e. The summed E-state index contributed by atoms with van der Waals surface area (Å²) in [7, 11) is 0. The molecule has 58 heavy (non-hydrogen) atoms. The molecule has 0 aliphatic carbocycles. The molecule has 0 fully saturated rings. The molecule has 0 saturated heterocycles. The molecule has 1 amide bonds. The molecular formula is C52H89NO5. The van der Waals surface area contributed by atoms with Gasteiger partial charge in [0.1, 0.15) is 6.10 Å². The van der Waals surface area contributed by atoms with Gasteiger partial charge in [0.15, 0.2) is 0 Å². The Balaban J connectivity index is 4.74. The van der Waals surface area contributed by atoms with Crippen LogP contribution in [0.25, 0.3) is 0 Å². The lowest BCUT2D eigenvalue weighted by molar-refractivity contribution is -0.151. The molecular weight excluding hydrogens is 719 g/mol. The first-order chi connectivity index (χ1) is 28.5. The van der Waals surface area contributed by atoms with Gasteiger partial charge in [-0.25, -0.2) is 0 Å². The van der Waals surface area contributed by atoms with Gasteiger partial charge in [0.05, 0.1) is 25.2 Å². The van der Waals surface area contributed by atoms with Crippen LogP contribution < -0.4 is 5.32 Å². The summed E-state index contributed by atoms with van der Waals surface area (Å²) in [5, 5.41) is 23.7. The number of carbonyl (C=O) groups is 2. The SMILES string of the molecule is CC/C=C/C=C/C=C\C=C/C=C/CCCC(=O)OC(CCCCCC/C=C/C=C/CCCCC)CC(=O)NC(CO)C(O)CCCCCCCCCCCCCCC. The lowest BCUT2D eigenvalue weighted by Crippen LogP contribution is -2.46. The number of aliphatic hydroxyl groups excluding tert-OH is 2. The highest BCUT2D eigenvalue weighted by atomic mass is 16.5. The fraction of sp³-hybridized carbons (Fsp3) is 0.692. The van der Waals surface area contributed by atoms with Crippen LogP contribution in [0.2, 0.25) is 0 Å². The number of carbonyl (C=O) groups excluding carboxylic acids is 2. The monoisotopic (exact) mass is 808 g/mol. The van der Waals surface area contributed by atoms with Crippen molar-refractivity contribution in [3.8, 4) is 0 Å². The third-order valence-electron chi connectivity index (χ3n) is 10.4. The number of esters is 1. The molecule has 0 spiro atoms. The van der Waals surface area contributed by atoms with Crippen LogP contribution in [0, 0.1) is 0 Å². The second kappa shape index (κ2) is 45.1. The second-order valence-electron chi connectivity index (χ2n) is 15.9. The Labute approximate surface area is 357 Å². The average Bonchev–Trinajstić information content (AvgIpc) is 3.22. The van der Waals surface area contributed by atoms with E-state index in [0.717, 1.165) is 70.6 Å². The normalized spacial score (nSPS) is 14.1. The Morgan fingerprint density at radius 3 is 1.47 bits per heavy atom. The van der Waals surface area contributed by atoms with Crippen molar-refractivity contribution in [1.29, 1.82) is 0 Å². The van der Waals surface area contributed by atoms with Gasteiger partial charge in [-0.05, 0) is 64.2 Å². The summed E-state index contributed by atoms with van der Waals surface area (Å²) in [5.41, 5.74) is 0. The molecule has 0 aromatic rings. The predicted octanol–water partition coefficient (Wildman–Crippen LogP) is 14.0. The molecule has 0 aromatic carbocycles. The first-order valence-electron chi connectivity index (χ1n) is 23.9. The molecule has 3 N–H and O–H groups in total. The molecule has 6 nitrogen and oxygen atoms in total. The lowest BCUT2D eigenvalue weighted by Gasteiger charge is -2.24. The van der Waals surface area contributed by atoms with Gasteiger partial charge in [-0.15, -0.1) is 0 Å². The van der Waals surface area contributed by atoms with E-state index < -0.39 is 18.2 Å². The maximum Gasteiger partial charge on any atom is 0.306 e. The number of hydrogen-bond acceptors (Lipinski definition) is 5. The van der Waals surface area contributed by atoms with Gasteiger partial charge in [-0.2, -0.15) is 0 Å². The van der Waals surface area contributed by atoms with Crippen LogP contribution >= 0.6 is 0 Å². The van der Waals surface area contributed by atoms with Gasteiger partial charge in [-0.1, -0.05) is 215 Å². The Morgan fingerprint density at radius 1 is 0.517 bits per heavy atom. The van der Waals surface area contributed by atoms with Crippen LogP contribution in [-0.2, 0) is 14.3 Å². The summed E-state index contributed by atoms with van der Waals surface area (Å²) in [5.74, 6) is -0.589. The van der Waals surface area contributed by atoms with E-state index in [1.165, 1.54) is 83.5 Å². The summed E-state index contributed by atoms with van der Waals surface area (Å²) in [4.78, 5) is 26.0. The van der Waals surface area contributed by atoms with E-state index in [2.05, 4.69) is 56.5 Å². The number of unbranched alkanes of at least 4 members (excludes halogenated alkanes) is 20. The van der Waals surface area contributed by atoms with Crippen molar-refractivity contribution in [2.24, 2.45) is 0 Å². The second-order valence-corrected chi connectivity index (χ2v) is 15.9. The maximum absolute atomic E-state index is 13.2. The average molecular weight is 808 g/mol. The molecule has 0 radical (unpaired) electrons. The summed E-state index contributed by atoms with van der Waals surface area (Å²) < 4.78 is 5.86. The zero-order chi connectivity index (χ0) is 42.4. The van der Waals surface area contributed by atoms with Crippen molar-refractivity contribution in [2.45, 2.75) is 225 Å². The molecule has 332 valence electrons. The molecule has 3 atom stereocenters. The van der Waals surface area contributed by atoms with Crippen LogP contribution in [0.1, 0.15) is 207 Å². The van der Waals surface area contributed by atoms with Crippen molar-refractivity contribution < 1.29 is 24.5 Å². The number of nitrogens with one attached hydrogen (secondary N) is 1. The zero-order valence-corrected chi connectivity index (χ0v) is 37.6. The minimum atomic E-state index is -0.808. The predicted molar refractivity (Wildman–Crippen MR) is 250 cm³/mol. The molecule has 3 unspecified atom stereocenters. The van der Waals surface area contributed by atoms with Crippen LogP contribution in [0.5, 0.6) is 0 Å². The van der Waals surface area contributed by atoms with Crippen molar-refractivity contribution in [2.75, 3.05) is 6.61 Å². The van der Waals surface area contributed by atoms with Gasteiger partial charge in [0.2, 0.25) is 5.91 Å². The minimum absolute atomic E-state index is 0.0311. The fourth-order valence-electron chi connectivity index (χ4n) is 6.74. The largest absolute Gasteiger partial charge is 0.462 e. The first kappa shape index (κ1) is 55.0. The molecule has 0 aliphatic heterocycles. The quantitative estimate of drug-likeness (QED) is 0.0325. The molecule has 0 saturated carbocycles. The smallest absolute Gasteiger partial charge is 0.306 e. The Bertz CT molecular complexity index is 1130. The number of hydrogen-bond donors (Lipinski definition) is 3. The van der Waals surface area contributed by atoms with Crippen LogP contribution in [-0.4, -0.2) is 46.9 Å². The van der Waals surface area contributed by atoms with Crippen molar-refractivity contribution in [3.63, 3.8) is 0 Å². The highest BCUT2D eigenvalue weighted by Gasteiger charge is 2.24. The molecule has 6 heteroatoms. The van der Waals surface area contributed by atoms with E-state index in [1.54, 1.807) is 0 Å². The van der Waals surface area contributed by atoms with Gasteiger partial charge in [0, 0.05) is 6.42 Å². The van der Waals surface area contributed by atoms with Gasteiger partial charge in [0.25, 0.3) is 0 Å². The van der Waals surface area contributed by atoms with Gasteiger partial charge < -0.3 is 20.3 Å². The van der Waals surface area contributed by atoms with Crippen molar-refractivity contribution in [3.05, 3.63) is 85.1 Å². The van der Waals surface area contributed by atoms with Crippen molar-refractivity contribution >= 4 is 11.9 Å². The summed E-state index contributed by atoms with van der Waals surface area (Å²) in [6.45, 7) is 6.27. The number of rotatable bonds is 41. The highest BCUT2D eigenvalue weighted by Crippen LogP contribution is 2.17. The summed E-state index contributed by atoms with van der Waals surface area (Å²) >= 11 is 0. The zero-order valence-electron chi connectivity index (χ0n) is 37.6. The molecule has 0 bridgehead atoms. The van der Waals surface area contributed by atoms with Crippen LogP contribution in [0.4, 0.5) is 0 Å². The third-order valence-corrected chi connectivity index (χ3v) is 10.4. The highest BCUT2D eigenvalue weighted by molar-refractivity contribution is 5.77.